The quantitative estimate of drug-likeness (QED) is 0.516. The number of nitrogens with zero attached hydrogens (tertiary/aromatic N) is 4. The number of nitrogens with one attached hydrogen (secondary N) is 2. The lowest BCUT2D eigenvalue weighted by Gasteiger charge is -2.17. The Hall–Kier alpha value is -3.25. The maximum Gasteiger partial charge on any atom is 0.272 e. The second kappa shape index (κ2) is 9.94. The zero-order valence-corrected chi connectivity index (χ0v) is 19.4. The van der Waals surface area contributed by atoms with Crippen molar-refractivity contribution < 1.29 is 22.8 Å². The number of halogens is 3. The van der Waals surface area contributed by atoms with Gasteiger partial charge in [-0.05, 0) is 26.1 Å². The van der Waals surface area contributed by atoms with Crippen molar-refractivity contribution in [3.63, 3.8) is 0 Å². The summed E-state index contributed by atoms with van der Waals surface area (Å²) in [5.74, 6) is -4.51. The number of aromatic nitrogens is 3. The number of hydrogen-bond donors (Lipinski definition) is 2. The van der Waals surface area contributed by atoms with Crippen molar-refractivity contribution in [2.45, 2.75) is 32.0 Å². The molecule has 0 saturated carbocycles. The summed E-state index contributed by atoms with van der Waals surface area (Å²) in [6.45, 7) is 1.45. The second-order valence-corrected chi connectivity index (χ2v) is 8.76. The van der Waals surface area contributed by atoms with E-state index in [1.807, 2.05) is 11.9 Å². The van der Waals surface area contributed by atoms with E-state index in [-0.39, 0.29) is 23.5 Å². The van der Waals surface area contributed by atoms with Gasteiger partial charge in [0.15, 0.2) is 17.3 Å². The highest BCUT2D eigenvalue weighted by Crippen LogP contribution is 2.29. The largest absolute Gasteiger partial charge is 0.357 e. The number of carbonyl (C=O) groups is 2. The van der Waals surface area contributed by atoms with Gasteiger partial charge in [0.1, 0.15) is 17.7 Å². The molecule has 0 bridgehead atoms. The number of fused-ring (bicyclic) bond motifs is 1. The van der Waals surface area contributed by atoms with Gasteiger partial charge in [0.25, 0.3) is 5.91 Å². The lowest BCUT2D eigenvalue weighted by Crippen LogP contribution is -2.47. The molecule has 4 rings (SSSR count). The minimum Gasteiger partial charge on any atom is -0.357 e. The molecule has 12 heteroatoms. The van der Waals surface area contributed by atoms with Crippen LogP contribution in [0, 0.1) is 17.5 Å². The zero-order valence-electron chi connectivity index (χ0n) is 18.6. The monoisotopic (exact) mass is 492 g/mol. The number of imidazole rings is 1. The molecule has 0 aliphatic carbocycles. The number of thiazole rings is 1. The Bertz CT molecular complexity index is 1210. The molecule has 0 fully saturated rings. The number of benzene rings is 1. The molecule has 180 valence electrons. The first-order chi connectivity index (χ1) is 16.3. The minimum absolute atomic E-state index is 0.0000593. The number of rotatable bonds is 6. The Morgan fingerprint density at radius 2 is 1.94 bits per heavy atom. The maximum atomic E-state index is 14.6. The number of likely N-dealkylation sites (N-methyl/N-ethyl adjacent to an activating group) is 1. The smallest absolute Gasteiger partial charge is 0.272 e. The molecular formula is C22H23F3N6O2S. The lowest BCUT2D eigenvalue weighted by atomic mass is 10.1. The average Bonchev–Trinajstić information content (AvgIpc) is 3.39. The summed E-state index contributed by atoms with van der Waals surface area (Å²) in [6, 6.07) is 0.292. The van der Waals surface area contributed by atoms with Crippen molar-refractivity contribution in [1.82, 2.24) is 30.1 Å². The van der Waals surface area contributed by atoms with Crippen LogP contribution in [0.15, 0.2) is 23.0 Å². The van der Waals surface area contributed by atoms with Crippen molar-refractivity contribution in [1.29, 1.82) is 0 Å². The van der Waals surface area contributed by atoms with Crippen LogP contribution in [0.3, 0.4) is 0 Å². The van der Waals surface area contributed by atoms with Gasteiger partial charge in [-0.2, -0.15) is 0 Å². The predicted molar refractivity (Wildman–Crippen MR) is 120 cm³/mol. The summed E-state index contributed by atoms with van der Waals surface area (Å²) in [4.78, 5) is 36.2. The van der Waals surface area contributed by atoms with E-state index in [0.29, 0.717) is 43.5 Å². The summed E-state index contributed by atoms with van der Waals surface area (Å²) in [6.07, 6.45) is 0.861. The highest BCUT2D eigenvalue weighted by atomic mass is 32.1. The Morgan fingerprint density at radius 1 is 1.18 bits per heavy atom. The van der Waals surface area contributed by atoms with E-state index in [9.17, 15) is 22.8 Å². The molecule has 1 atom stereocenters. The van der Waals surface area contributed by atoms with Crippen LogP contribution in [0.4, 0.5) is 13.2 Å². The fourth-order valence-electron chi connectivity index (χ4n) is 3.96. The van der Waals surface area contributed by atoms with E-state index in [2.05, 4.69) is 20.6 Å². The topological polar surface area (TPSA) is 92.1 Å². The molecule has 3 aromatic rings. The third-order valence-electron chi connectivity index (χ3n) is 5.64. The highest BCUT2D eigenvalue weighted by molar-refractivity contribution is 7.07. The molecule has 0 saturated heterocycles. The summed E-state index contributed by atoms with van der Waals surface area (Å²) in [5, 5.41) is 7.01. The second-order valence-electron chi connectivity index (χ2n) is 8.04. The maximum absolute atomic E-state index is 14.6. The molecule has 2 aromatic heterocycles. The Labute approximate surface area is 197 Å². The van der Waals surface area contributed by atoms with Crippen molar-refractivity contribution in [2.24, 2.45) is 0 Å². The molecule has 1 aromatic carbocycles. The van der Waals surface area contributed by atoms with Crippen molar-refractivity contribution in [3.8, 4) is 11.4 Å². The Balaban J connectivity index is 1.74. The number of hydrogen-bond acceptors (Lipinski definition) is 6. The van der Waals surface area contributed by atoms with Crippen LogP contribution in [-0.4, -0.2) is 57.9 Å². The summed E-state index contributed by atoms with van der Waals surface area (Å²) in [7, 11) is 3.34. The van der Waals surface area contributed by atoms with Crippen LogP contribution in [-0.2, 0) is 24.3 Å². The molecule has 0 spiro atoms. The van der Waals surface area contributed by atoms with Crippen molar-refractivity contribution in [3.05, 3.63) is 57.6 Å². The molecule has 0 radical (unpaired) electrons. The van der Waals surface area contributed by atoms with Gasteiger partial charge in [-0.3, -0.25) is 9.59 Å². The standard InChI is InChI=1S/C22H23F3N6O2S/c1-26-21(32)17(6-12-10-34-11-27-12)28-22(33)19-18-9-30(2)4-3-5-31(18)20(29-19)13-7-15(24)16(25)8-14(13)23/h7-8,10-11,17H,3-6,9H2,1-2H3,(H,26,32)(H,28,33)/t17-/m0/s1. The molecule has 8 nitrogen and oxygen atoms in total. The molecule has 1 aliphatic rings. The van der Waals surface area contributed by atoms with Gasteiger partial charge in [0, 0.05) is 38.0 Å². The van der Waals surface area contributed by atoms with Gasteiger partial charge < -0.3 is 20.1 Å². The molecule has 2 amide bonds. The first-order valence-electron chi connectivity index (χ1n) is 10.6. The van der Waals surface area contributed by atoms with Crippen LogP contribution in [0.25, 0.3) is 11.4 Å². The molecule has 3 heterocycles. The molecule has 0 unspecified atom stereocenters. The van der Waals surface area contributed by atoms with Crippen LogP contribution >= 0.6 is 11.3 Å². The van der Waals surface area contributed by atoms with E-state index in [0.717, 1.165) is 6.07 Å². The third-order valence-corrected chi connectivity index (χ3v) is 6.28. The third kappa shape index (κ3) is 4.82. The van der Waals surface area contributed by atoms with E-state index < -0.39 is 35.3 Å². The van der Waals surface area contributed by atoms with Gasteiger partial charge >= 0.3 is 0 Å². The van der Waals surface area contributed by atoms with E-state index in [1.165, 1.54) is 18.4 Å². The minimum atomic E-state index is -1.31. The zero-order chi connectivity index (χ0) is 24.4. The first-order valence-corrected chi connectivity index (χ1v) is 11.5. The van der Waals surface area contributed by atoms with Gasteiger partial charge in [-0.1, -0.05) is 0 Å². The van der Waals surface area contributed by atoms with E-state index in [4.69, 9.17) is 0 Å². The van der Waals surface area contributed by atoms with Gasteiger partial charge in [0.05, 0.1) is 22.5 Å². The molecule has 1 aliphatic heterocycles. The fourth-order valence-corrected chi connectivity index (χ4v) is 4.53. The van der Waals surface area contributed by atoms with Crippen LogP contribution in [0.5, 0.6) is 0 Å². The highest BCUT2D eigenvalue weighted by Gasteiger charge is 2.30. The normalized spacial score (nSPS) is 14.9. The first kappa shape index (κ1) is 23.9. The summed E-state index contributed by atoms with van der Waals surface area (Å²) < 4.78 is 43.7. The van der Waals surface area contributed by atoms with Crippen LogP contribution in [0.1, 0.15) is 28.3 Å². The lowest BCUT2D eigenvalue weighted by molar-refractivity contribution is -0.122. The predicted octanol–water partition coefficient (Wildman–Crippen LogP) is 2.35. The number of carbonyl (C=O) groups excluding carboxylic acids is 2. The van der Waals surface area contributed by atoms with Gasteiger partial charge in [0.2, 0.25) is 5.91 Å². The fraction of sp³-hybridized carbons (Fsp3) is 0.364. The van der Waals surface area contributed by atoms with Crippen LogP contribution < -0.4 is 10.6 Å². The summed E-state index contributed by atoms with van der Waals surface area (Å²) in [5.41, 5.74) is 2.54. The van der Waals surface area contributed by atoms with Crippen molar-refractivity contribution in [2.75, 3.05) is 20.6 Å². The van der Waals surface area contributed by atoms with Gasteiger partial charge in [-0.15, -0.1) is 11.3 Å². The Kier molecular flexibility index (Phi) is 6.98. The average molecular weight is 493 g/mol. The van der Waals surface area contributed by atoms with E-state index >= 15 is 0 Å². The van der Waals surface area contributed by atoms with Crippen molar-refractivity contribution >= 4 is 23.2 Å². The van der Waals surface area contributed by atoms with Crippen LogP contribution in [0.2, 0.25) is 0 Å². The van der Waals surface area contributed by atoms with E-state index in [1.54, 1.807) is 15.5 Å². The molecule has 34 heavy (non-hydrogen) atoms. The number of amides is 2. The Morgan fingerprint density at radius 3 is 2.65 bits per heavy atom. The molecule has 2 N–H and O–H groups in total. The molecular weight excluding hydrogens is 469 g/mol. The SMILES string of the molecule is CNC(=O)[C@H](Cc1cscn1)NC(=O)c1nc(-c2cc(F)c(F)cc2F)n2c1CN(C)CCC2. The summed E-state index contributed by atoms with van der Waals surface area (Å²) >= 11 is 1.37. The van der Waals surface area contributed by atoms with Gasteiger partial charge in [-0.25, -0.2) is 23.1 Å².